The van der Waals surface area contributed by atoms with E-state index in [1.54, 1.807) is 7.11 Å². The largest absolute Gasteiger partial charge is 0.383 e. The number of benzene rings is 1. The fourth-order valence-electron chi connectivity index (χ4n) is 1.62. The molecule has 0 saturated carbocycles. The minimum Gasteiger partial charge on any atom is -0.383 e. The maximum atomic E-state index is 12.0. The molecule has 1 unspecified atom stereocenters. The molecular formula is C13H18BrNO2. The van der Waals surface area contributed by atoms with E-state index in [9.17, 15) is 4.79 Å². The van der Waals surface area contributed by atoms with Crippen LogP contribution in [-0.2, 0) is 4.74 Å². The Bertz CT molecular complexity index is 362. The molecule has 0 heterocycles. The summed E-state index contributed by atoms with van der Waals surface area (Å²) in [6.07, 6.45) is 0.853. The molecule has 0 bridgehead atoms. The lowest BCUT2D eigenvalue weighted by molar-refractivity contribution is 0.0895. The first-order chi connectivity index (χ1) is 8.19. The van der Waals surface area contributed by atoms with E-state index >= 15 is 0 Å². The van der Waals surface area contributed by atoms with Crippen molar-refractivity contribution in [3.63, 3.8) is 0 Å². The summed E-state index contributed by atoms with van der Waals surface area (Å²) < 4.78 is 5.09. The standard InChI is InChI=1S/C13H18BrNO2/c1-10-5-3-4-6-12(10)13(16)15-11(7-8-14)9-17-2/h3-6,11H,7-9H2,1-2H3,(H,15,16). The Balaban J connectivity index is 2.67. The van der Waals surface area contributed by atoms with Crippen molar-refractivity contribution >= 4 is 21.8 Å². The average molecular weight is 300 g/mol. The Labute approximate surface area is 111 Å². The van der Waals surface area contributed by atoms with Gasteiger partial charge < -0.3 is 10.1 Å². The van der Waals surface area contributed by atoms with Crippen molar-refractivity contribution in [3.8, 4) is 0 Å². The van der Waals surface area contributed by atoms with Gasteiger partial charge in [-0.2, -0.15) is 0 Å². The van der Waals surface area contributed by atoms with E-state index in [-0.39, 0.29) is 11.9 Å². The zero-order valence-corrected chi connectivity index (χ0v) is 11.8. The summed E-state index contributed by atoms with van der Waals surface area (Å²) in [6, 6.07) is 7.62. The molecule has 0 aromatic heterocycles. The van der Waals surface area contributed by atoms with Crippen molar-refractivity contribution in [3.05, 3.63) is 35.4 Å². The molecule has 1 aromatic rings. The van der Waals surface area contributed by atoms with Crippen molar-refractivity contribution in [2.45, 2.75) is 19.4 Å². The Morgan fingerprint density at radius 2 is 2.18 bits per heavy atom. The van der Waals surface area contributed by atoms with Crippen LogP contribution in [0.5, 0.6) is 0 Å². The van der Waals surface area contributed by atoms with Gasteiger partial charge in [-0.25, -0.2) is 0 Å². The summed E-state index contributed by atoms with van der Waals surface area (Å²) in [5.74, 6) is -0.0360. The Morgan fingerprint density at radius 1 is 1.47 bits per heavy atom. The second-order valence-electron chi connectivity index (χ2n) is 3.92. The molecule has 1 aromatic carbocycles. The lowest BCUT2D eigenvalue weighted by Gasteiger charge is -2.17. The highest BCUT2D eigenvalue weighted by molar-refractivity contribution is 9.09. The lowest BCUT2D eigenvalue weighted by atomic mass is 10.1. The Kier molecular flexibility index (Phi) is 6.22. The summed E-state index contributed by atoms with van der Waals surface area (Å²) in [5, 5.41) is 3.82. The SMILES string of the molecule is COCC(CCBr)NC(=O)c1ccccc1C. The first-order valence-corrected chi connectivity index (χ1v) is 6.72. The van der Waals surface area contributed by atoms with Crippen molar-refractivity contribution in [1.82, 2.24) is 5.32 Å². The average Bonchev–Trinajstić information content (AvgIpc) is 2.30. The van der Waals surface area contributed by atoms with E-state index in [2.05, 4.69) is 21.2 Å². The predicted octanol–water partition coefficient (Wildman–Crippen LogP) is 2.52. The fraction of sp³-hybridized carbons (Fsp3) is 0.462. The van der Waals surface area contributed by atoms with E-state index in [1.807, 2.05) is 31.2 Å². The van der Waals surface area contributed by atoms with Gasteiger partial charge in [-0.05, 0) is 25.0 Å². The highest BCUT2D eigenvalue weighted by Crippen LogP contribution is 2.08. The third-order valence-corrected chi connectivity index (χ3v) is 3.01. The third kappa shape index (κ3) is 4.48. The summed E-state index contributed by atoms with van der Waals surface area (Å²) in [4.78, 5) is 12.0. The normalized spacial score (nSPS) is 12.2. The van der Waals surface area contributed by atoms with Crippen LogP contribution < -0.4 is 5.32 Å². The van der Waals surface area contributed by atoms with Crippen LogP contribution in [0.3, 0.4) is 0 Å². The monoisotopic (exact) mass is 299 g/mol. The molecule has 3 nitrogen and oxygen atoms in total. The molecule has 94 valence electrons. The lowest BCUT2D eigenvalue weighted by Crippen LogP contribution is -2.38. The number of hydrogen-bond donors (Lipinski definition) is 1. The molecule has 1 rings (SSSR count). The number of methoxy groups -OCH3 is 1. The number of hydrogen-bond acceptors (Lipinski definition) is 2. The molecule has 0 aliphatic rings. The van der Waals surface area contributed by atoms with Crippen LogP contribution in [0.25, 0.3) is 0 Å². The van der Waals surface area contributed by atoms with E-state index in [4.69, 9.17) is 4.74 Å². The minimum absolute atomic E-state index is 0.0360. The zero-order chi connectivity index (χ0) is 12.7. The van der Waals surface area contributed by atoms with Gasteiger partial charge in [0, 0.05) is 18.0 Å². The quantitative estimate of drug-likeness (QED) is 0.820. The van der Waals surface area contributed by atoms with Gasteiger partial charge in [0.15, 0.2) is 0 Å². The molecule has 0 fully saturated rings. The van der Waals surface area contributed by atoms with Gasteiger partial charge in [0.05, 0.1) is 12.6 Å². The molecule has 0 aliphatic carbocycles. The molecule has 0 spiro atoms. The minimum atomic E-state index is -0.0360. The molecule has 0 radical (unpaired) electrons. The number of nitrogens with one attached hydrogen (secondary N) is 1. The maximum Gasteiger partial charge on any atom is 0.251 e. The summed E-state index contributed by atoms with van der Waals surface area (Å²) >= 11 is 3.37. The summed E-state index contributed by atoms with van der Waals surface area (Å²) in [7, 11) is 1.64. The van der Waals surface area contributed by atoms with Crippen molar-refractivity contribution in [2.24, 2.45) is 0 Å². The summed E-state index contributed by atoms with van der Waals surface area (Å²) in [5.41, 5.74) is 1.71. The predicted molar refractivity (Wildman–Crippen MR) is 72.7 cm³/mol. The zero-order valence-electron chi connectivity index (χ0n) is 10.2. The van der Waals surface area contributed by atoms with Crippen LogP contribution >= 0.6 is 15.9 Å². The highest BCUT2D eigenvalue weighted by atomic mass is 79.9. The van der Waals surface area contributed by atoms with Gasteiger partial charge in [0.1, 0.15) is 0 Å². The number of carbonyl (C=O) groups excluding carboxylic acids is 1. The van der Waals surface area contributed by atoms with Crippen LogP contribution in [-0.4, -0.2) is 31.0 Å². The van der Waals surface area contributed by atoms with Gasteiger partial charge in [-0.1, -0.05) is 34.1 Å². The molecular weight excluding hydrogens is 282 g/mol. The van der Waals surface area contributed by atoms with Gasteiger partial charge in [0.2, 0.25) is 0 Å². The molecule has 0 aliphatic heterocycles. The third-order valence-electron chi connectivity index (χ3n) is 2.55. The van der Waals surface area contributed by atoms with Gasteiger partial charge in [-0.3, -0.25) is 4.79 Å². The van der Waals surface area contributed by atoms with Crippen LogP contribution in [0.1, 0.15) is 22.3 Å². The molecule has 1 amide bonds. The second kappa shape index (κ2) is 7.45. The molecule has 1 atom stereocenters. The summed E-state index contributed by atoms with van der Waals surface area (Å²) in [6.45, 7) is 2.47. The van der Waals surface area contributed by atoms with Crippen LogP contribution in [0.15, 0.2) is 24.3 Å². The van der Waals surface area contributed by atoms with E-state index in [0.717, 1.165) is 22.9 Å². The topological polar surface area (TPSA) is 38.3 Å². The van der Waals surface area contributed by atoms with Gasteiger partial charge in [0.25, 0.3) is 5.91 Å². The van der Waals surface area contributed by atoms with Crippen LogP contribution in [0.4, 0.5) is 0 Å². The smallest absolute Gasteiger partial charge is 0.251 e. The van der Waals surface area contributed by atoms with E-state index < -0.39 is 0 Å². The van der Waals surface area contributed by atoms with Gasteiger partial charge >= 0.3 is 0 Å². The van der Waals surface area contributed by atoms with E-state index in [0.29, 0.717) is 6.61 Å². The second-order valence-corrected chi connectivity index (χ2v) is 4.71. The molecule has 17 heavy (non-hydrogen) atoms. The molecule has 0 saturated heterocycles. The van der Waals surface area contributed by atoms with Crippen molar-refractivity contribution in [1.29, 1.82) is 0 Å². The number of aryl methyl sites for hydroxylation is 1. The number of rotatable bonds is 6. The maximum absolute atomic E-state index is 12.0. The first kappa shape index (κ1) is 14.2. The number of amides is 1. The fourth-order valence-corrected chi connectivity index (χ4v) is 2.17. The number of alkyl halides is 1. The van der Waals surface area contributed by atoms with Crippen LogP contribution in [0.2, 0.25) is 0 Å². The molecule has 4 heteroatoms. The number of ether oxygens (including phenoxy) is 1. The van der Waals surface area contributed by atoms with Crippen molar-refractivity contribution < 1.29 is 9.53 Å². The number of carbonyl (C=O) groups is 1. The van der Waals surface area contributed by atoms with Crippen molar-refractivity contribution in [2.75, 3.05) is 19.0 Å². The number of halogens is 1. The van der Waals surface area contributed by atoms with Crippen LogP contribution in [0, 0.1) is 6.92 Å². The highest BCUT2D eigenvalue weighted by Gasteiger charge is 2.14. The van der Waals surface area contributed by atoms with E-state index in [1.165, 1.54) is 0 Å². The first-order valence-electron chi connectivity index (χ1n) is 5.60. The molecule has 1 N–H and O–H groups in total. The Hall–Kier alpha value is -0.870. The Morgan fingerprint density at radius 3 is 2.76 bits per heavy atom. The van der Waals surface area contributed by atoms with Gasteiger partial charge in [-0.15, -0.1) is 0 Å².